The van der Waals surface area contributed by atoms with E-state index < -0.39 is 26.8 Å². The van der Waals surface area contributed by atoms with E-state index in [2.05, 4.69) is 10.0 Å². The zero-order valence-electron chi connectivity index (χ0n) is 11.7. The predicted octanol–water partition coefficient (Wildman–Crippen LogP) is 2.64. The molecule has 1 aromatic rings. The average Bonchev–Trinajstić information content (AvgIpc) is 2.40. The lowest BCUT2D eigenvalue weighted by Gasteiger charge is -2.30. The number of benzene rings is 1. The normalized spacial score (nSPS) is 23.5. The van der Waals surface area contributed by atoms with Crippen molar-refractivity contribution < 1.29 is 21.6 Å². The van der Waals surface area contributed by atoms with E-state index in [4.69, 9.17) is 11.6 Å². The van der Waals surface area contributed by atoms with Crippen LogP contribution in [0.15, 0.2) is 23.1 Å². The number of halogens is 4. The van der Waals surface area contributed by atoms with Gasteiger partial charge in [-0.25, -0.2) is 13.1 Å². The first-order chi connectivity index (χ1) is 10.1. The van der Waals surface area contributed by atoms with Gasteiger partial charge in [0, 0.05) is 12.6 Å². The average molecular weight is 357 g/mol. The molecule has 0 amide bonds. The van der Waals surface area contributed by atoms with Gasteiger partial charge in [0.05, 0.1) is 10.6 Å². The smallest absolute Gasteiger partial charge is 0.315 e. The Morgan fingerprint density at radius 3 is 2.59 bits per heavy atom. The minimum atomic E-state index is -4.57. The van der Waals surface area contributed by atoms with Crippen LogP contribution in [0.1, 0.15) is 18.9 Å². The largest absolute Gasteiger partial charge is 0.416 e. The summed E-state index contributed by atoms with van der Waals surface area (Å²) < 4.78 is 64.9. The molecule has 1 saturated heterocycles. The summed E-state index contributed by atoms with van der Waals surface area (Å²) >= 11 is 5.74. The van der Waals surface area contributed by atoms with Crippen molar-refractivity contribution in [3.05, 3.63) is 28.8 Å². The van der Waals surface area contributed by atoms with Gasteiger partial charge >= 0.3 is 6.18 Å². The summed E-state index contributed by atoms with van der Waals surface area (Å²) in [7, 11) is -3.98. The summed E-state index contributed by atoms with van der Waals surface area (Å²) in [5.41, 5.74) is -0.982. The SMILES string of the molecule is CC1CCNCC1NS(=O)(=O)c1ccc(C(F)(F)F)cc1Cl. The summed E-state index contributed by atoms with van der Waals surface area (Å²) in [4.78, 5) is -0.347. The maximum atomic E-state index is 12.6. The van der Waals surface area contributed by atoms with E-state index in [1.54, 1.807) is 0 Å². The van der Waals surface area contributed by atoms with E-state index in [-0.39, 0.29) is 16.9 Å². The Bertz CT molecular complexity index is 649. The van der Waals surface area contributed by atoms with Gasteiger partial charge in [0.25, 0.3) is 0 Å². The zero-order chi connectivity index (χ0) is 16.5. The first-order valence-electron chi connectivity index (χ1n) is 6.71. The van der Waals surface area contributed by atoms with Crippen LogP contribution in [0.3, 0.4) is 0 Å². The highest BCUT2D eigenvalue weighted by Gasteiger charge is 2.33. The van der Waals surface area contributed by atoms with Gasteiger partial charge < -0.3 is 5.32 Å². The van der Waals surface area contributed by atoms with Crippen LogP contribution in [0.4, 0.5) is 13.2 Å². The van der Waals surface area contributed by atoms with Gasteiger partial charge in [-0.05, 0) is 37.1 Å². The number of rotatable bonds is 3. The highest BCUT2D eigenvalue weighted by molar-refractivity contribution is 7.89. The van der Waals surface area contributed by atoms with Crippen molar-refractivity contribution in [3.63, 3.8) is 0 Å². The van der Waals surface area contributed by atoms with Gasteiger partial charge in [0.1, 0.15) is 4.90 Å². The molecule has 2 atom stereocenters. The highest BCUT2D eigenvalue weighted by atomic mass is 35.5. The molecule has 0 saturated carbocycles. The Labute approximate surface area is 132 Å². The van der Waals surface area contributed by atoms with Crippen LogP contribution in [0.5, 0.6) is 0 Å². The number of nitrogens with one attached hydrogen (secondary N) is 2. The van der Waals surface area contributed by atoms with E-state index in [1.807, 2.05) is 6.92 Å². The van der Waals surface area contributed by atoms with Gasteiger partial charge in [-0.2, -0.15) is 13.2 Å². The van der Waals surface area contributed by atoms with Crippen molar-refractivity contribution in [1.82, 2.24) is 10.0 Å². The van der Waals surface area contributed by atoms with Gasteiger partial charge in [-0.1, -0.05) is 18.5 Å². The molecule has 22 heavy (non-hydrogen) atoms. The van der Waals surface area contributed by atoms with E-state index in [1.165, 1.54) is 0 Å². The van der Waals surface area contributed by atoms with Crippen molar-refractivity contribution in [2.24, 2.45) is 5.92 Å². The van der Waals surface area contributed by atoms with E-state index >= 15 is 0 Å². The van der Waals surface area contributed by atoms with Gasteiger partial charge in [0.15, 0.2) is 0 Å². The first kappa shape index (κ1) is 17.5. The maximum Gasteiger partial charge on any atom is 0.416 e. The molecule has 9 heteroatoms. The number of alkyl halides is 3. The van der Waals surface area contributed by atoms with Crippen LogP contribution in [-0.2, 0) is 16.2 Å². The first-order valence-corrected chi connectivity index (χ1v) is 8.57. The Hall–Kier alpha value is -0.830. The van der Waals surface area contributed by atoms with Crippen LogP contribution in [-0.4, -0.2) is 27.5 Å². The van der Waals surface area contributed by atoms with Crippen molar-refractivity contribution in [2.75, 3.05) is 13.1 Å². The van der Waals surface area contributed by atoms with Crippen LogP contribution in [0, 0.1) is 5.92 Å². The number of piperidine rings is 1. The molecule has 0 radical (unpaired) electrons. The summed E-state index contributed by atoms with van der Waals surface area (Å²) in [6, 6.07) is 1.90. The molecule has 0 spiro atoms. The minimum Gasteiger partial charge on any atom is -0.315 e. The van der Waals surface area contributed by atoms with Crippen LogP contribution in [0.25, 0.3) is 0 Å². The monoisotopic (exact) mass is 356 g/mol. The molecule has 2 rings (SSSR count). The quantitative estimate of drug-likeness (QED) is 0.875. The number of hydrogen-bond donors (Lipinski definition) is 2. The summed E-state index contributed by atoms with van der Waals surface area (Å²) in [6.45, 7) is 3.20. The third-order valence-electron chi connectivity index (χ3n) is 3.68. The molecule has 0 bridgehead atoms. The van der Waals surface area contributed by atoms with Crippen molar-refractivity contribution in [3.8, 4) is 0 Å². The molecule has 0 aliphatic carbocycles. The summed E-state index contributed by atoms with van der Waals surface area (Å²) in [5.74, 6) is 0.129. The Morgan fingerprint density at radius 1 is 1.36 bits per heavy atom. The third kappa shape index (κ3) is 3.92. The second kappa shape index (κ2) is 6.35. The summed E-state index contributed by atoms with van der Waals surface area (Å²) in [6.07, 6.45) is -3.75. The fourth-order valence-corrected chi connectivity index (χ4v) is 4.19. The molecule has 1 fully saturated rings. The molecule has 2 unspecified atom stereocenters. The molecule has 1 aliphatic heterocycles. The fourth-order valence-electron chi connectivity index (χ4n) is 2.31. The van der Waals surface area contributed by atoms with Crippen LogP contribution in [0.2, 0.25) is 5.02 Å². The van der Waals surface area contributed by atoms with Crippen LogP contribution >= 0.6 is 11.6 Å². The molecule has 2 N–H and O–H groups in total. The van der Waals surface area contributed by atoms with Crippen molar-refractivity contribution in [1.29, 1.82) is 0 Å². The van der Waals surface area contributed by atoms with E-state index in [0.717, 1.165) is 19.0 Å². The van der Waals surface area contributed by atoms with Crippen LogP contribution < -0.4 is 10.0 Å². The zero-order valence-corrected chi connectivity index (χ0v) is 13.3. The lowest BCUT2D eigenvalue weighted by atomic mass is 9.96. The second-order valence-electron chi connectivity index (χ2n) is 5.34. The standard InChI is InChI=1S/C13H16ClF3N2O2S/c1-8-4-5-18-7-11(8)19-22(20,21)12-3-2-9(6-10(12)14)13(15,16)17/h2-3,6,8,11,18-19H,4-5,7H2,1H3. The molecule has 1 aliphatic rings. The van der Waals surface area contributed by atoms with Crippen molar-refractivity contribution >= 4 is 21.6 Å². The number of sulfonamides is 1. The molecule has 1 aromatic carbocycles. The molecular formula is C13H16ClF3N2O2S. The maximum absolute atomic E-state index is 12.6. The molecule has 124 valence electrons. The van der Waals surface area contributed by atoms with Gasteiger partial charge in [-0.3, -0.25) is 0 Å². The van der Waals surface area contributed by atoms with E-state index in [9.17, 15) is 21.6 Å². The third-order valence-corrected chi connectivity index (χ3v) is 5.66. The minimum absolute atomic E-state index is 0.129. The highest BCUT2D eigenvalue weighted by Crippen LogP contribution is 2.33. The molecule has 1 heterocycles. The van der Waals surface area contributed by atoms with Gasteiger partial charge in [-0.15, -0.1) is 0 Å². The molecular weight excluding hydrogens is 341 g/mol. The fraction of sp³-hybridized carbons (Fsp3) is 0.538. The molecule has 4 nitrogen and oxygen atoms in total. The topological polar surface area (TPSA) is 58.2 Å². The Morgan fingerprint density at radius 2 is 2.05 bits per heavy atom. The second-order valence-corrected chi connectivity index (χ2v) is 7.43. The Kier molecular flexibility index (Phi) is 5.06. The predicted molar refractivity (Wildman–Crippen MR) is 77.2 cm³/mol. The molecule has 0 aromatic heterocycles. The lowest BCUT2D eigenvalue weighted by Crippen LogP contribution is -2.50. The summed E-state index contributed by atoms with van der Waals surface area (Å²) in [5, 5.41) is 2.63. The van der Waals surface area contributed by atoms with Crippen molar-refractivity contribution in [2.45, 2.75) is 30.5 Å². The lowest BCUT2D eigenvalue weighted by molar-refractivity contribution is -0.137. The number of hydrogen-bond acceptors (Lipinski definition) is 3. The van der Waals surface area contributed by atoms with Gasteiger partial charge in [0.2, 0.25) is 10.0 Å². The Balaban J connectivity index is 2.26. The van der Waals surface area contributed by atoms with E-state index in [0.29, 0.717) is 18.7 Å².